The summed E-state index contributed by atoms with van der Waals surface area (Å²) in [5.74, 6) is -1.03. The molecule has 1 N–H and O–H groups in total. The molecule has 0 heterocycles. The largest absolute Gasteiger partial charge is 1.00 e. The number of carbonyl (C=O) groups excluding carboxylic acids is 2. The Balaban J connectivity index is 0. The van der Waals surface area contributed by atoms with Crippen molar-refractivity contribution < 1.29 is 41.1 Å². The third-order valence-electron chi connectivity index (χ3n) is 2.64. The average Bonchev–Trinajstić information content (AvgIpc) is 2.30. The highest BCUT2D eigenvalue weighted by Crippen LogP contribution is 2.18. The van der Waals surface area contributed by atoms with Crippen molar-refractivity contribution in [2.75, 3.05) is 47.5 Å². The molecule has 0 aromatic heterocycles. The number of nitrogens with zero attached hydrogens (tertiary/aromatic N) is 1. The Kier molecular flexibility index (Phi) is 9.82. The van der Waals surface area contributed by atoms with Crippen molar-refractivity contribution in [3.05, 3.63) is 0 Å². The SMILES string of the molecule is CC(=O)OCC(C)(CO)C(=O)OCCC[N+](C)(C)C.[Cl-]. The lowest BCUT2D eigenvalue weighted by Gasteiger charge is -2.26. The van der Waals surface area contributed by atoms with Crippen LogP contribution in [0.1, 0.15) is 20.3 Å². The van der Waals surface area contributed by atoms with Crippen LogP contribution in [-0.2, 0) is 19.1 Å². The molecule has 0 aromatic rings. The summed E-state index contributed by atoms with van der Waals surface area (Å²) in [7, 11) is 6.17. The Hall–Kier alpha value is -0.850. The van der Waals surface area contributed by atoms with Crippen LogP contribution < -0.4 is 12.4 Å². The highest BCUT2D eigenvalue weighted by atomic mass is 35.5. The summed E-state index contributed by atoms with van der Waals surface area (Å²) in [4.78, 5) is 22.6. The van der Waals surface area contributed by atoms with Gasteiger partial charge in [0.05, 0.1) is 40.9 Å². The van der Waals surface area contributed by atoms with Gasteiger partial charge in [-0.05, 0) is 6.92 Å². The van der Waals surface area contributed by atoms with Gasteiger partial charge in [0.2, 0.25) is 0 Å². The van der Waals surface area contributed by atoms with Crippen LogP contribution in [0.3, 0.4) is 0 Å². The van der Waals surface area contributed by atoms with Gasteiger partial charge in [0.1, 0.15) is 12.0 Å². The minimum absolute atomic E-state index is 0. The molecular formula is C13H26ClNO5. The maximum atomic E-state index is 11.9. The van der Waals surface area contributed by atoms with E-state index < -0.39 is 24.0 Å². The van der Waals surface area contributed by atoms with Crippen molar-refractivity contribution in [2.24, 2.45) is 5.41 Å². The van der Waals surface area contributed by atoms with E-state index in [9.17, 15) is 14.7 Å². The number of esters is 2. The van der Waals surface area contributed by atoms with Gasteiger partial charge in [-0.25, -0.2) is 0 Å². The molecular weight excluding hydrogens is 286 g/mol. The average molecular weight is 312 g/mol. The van der Waals surface area contributed by atoms with E-state index in [0.29, 0.717) is 6.61 Å². The third kappa shape index (κ3) is 9.12. The molecule has 1 atom stereocenters. The predicted octanol–water partition coefficient (Wildman–Crippen LogP) is -2.81. The van der Waals surface area contributed by atoms with Crippen LogP contribution >= 0.6 is 0 Å². The first-order valence-electron chi connectivity index (χ1n) is 6.33. The highest BCUT2D eigenvalue weighted by molar-refractivity contribution is 5.77. The molecule has 0 saturated heterocycles. The second kappa shape index (κ2) is 9.15. The molecule has 0 spiro atoms. The van der Waals surface area contributed by atoms with E-state index in [1.165, 1.54) is 13.8 Å². The number of hydrogen-bond donors (Lipinski definition) is 1. The fourth-order valence-electron chi connectivity index (χ4n) is 1.31. The van der Waals surface area contributed by atoms with E-state index in [1.54, 1.807) is 0 Å². The predicted molar refractivity (Wildman–Crippen MR) is 70.3 cm³/mol. The van der Waals surface area contributed by atoms with E-state index in [2.05, 4.69) is 21.1 Å². The molecule has 0 radical (unpaired) electrons. The number of carbonyl (C=O) groups is 2. The Morgan fingerprint density at radius 1 is 1.20 bits per heavy atom. The van der Waals surface area contributed by atoms with Gasteiger partial charge < -0.3 is 31.5 Å². The van der Waals surface area contributed by atoms with Crippen molar-refractivity contribution in [1.82, 2.24) is 0 Å². The van der Waals surface area contributed by atoms with Crippen molar-refractivity contribution in [3.63, 3.8) is 0 Å². The third-order valence-corrected chi connectivity index (χ3v) is 2.64. The van der Waals surface area contributed by atoms with Gasteiger partial charge in [-0.3, -0.25) is 9.59 Å². The first-order valence-corrected chi connectivity index (χ1v) is 6.33. The molecule has 0 amide bonds. The molecule has 120 valence electrons. The standard InChI is InChI=1S/C13H26NO5.ClH/c1-11(16)19-10-13(2,9-15)12(17)18-8-6-7-14(3,4)5;/h15H,6-10H2,1-5H3;1H/q+1;/p-1. The van der Waals surface area contributed by atoms with Crippen LogP contribution in [0.15, 0.2) is 0 Å². The molecule has 0 aliphatic carbocycles. The summed E-state index contributed by atoms with van der Waals surface area (Å²) in [6, 6.07) is 0. The van der Waals surface area contributed by atoms with E-state index in [4.69, 9.17) is 9.47 Å². The monoisotopic (exact) mass is 311 g/mol. The first kappa shape index (κ1) is 21.4. The van der Waals surface area contributed by atoms with Gasteiger partial charge in [-0.15, -0.1) is 0 Å². The van der Waals surface area contributed by atoms with Crippen molar-refractivity contribution in [3.8, 4) is 0 Å². The van der Waals surface area contributed by atoms with E-state index in [0.717, 1.165) is 17.4 Å². The molecule has 7 heteroatoms. The number of hydrogen-bond acceptors (Lipinski definition) is 5. The van der Waals surface area contributed by atoms with E-state index in [1.807, 2.05) is 0 Å². The summed E-state index contributed by atoms with van der Waals surface area (Å²) in [6.45, 7) is 3.35. The minimum Gasteiger partial charge on any atom is -1.00 e. The lowest BCUT2D eigenvalue weighted by Crippen LogP contribution is -3.00. The molecule has 6 nitrogen and oxygen atoms in total. The maximum absolute atomic E-state index is 11.9. The van der Waals surface area contributed by atoms with Crippen LogP contribution in [-0.4, -0.2) is 69.0 Å². The highest BCUT2D eigenvalue weighted by Gasteiger charge is 2.36. The molecule has 0 bridgehead atoms. The Morgan fingerprint density at radius 2 is 1.75 bits per heavy atom. The zero-order valence-corrected chi connectivity index (χ0v) is 13.7. The molecule has 0 aromatic carbocycles. The molecule has 1 unspecified atom stereocenters. The lowest BCUT2D eigenvalue weighted by molar-refractivity contribution is -0.870. The molecule has 0 rings (SSSR count). The van der Waals surface area contributed by atoms with Crippen LogP contribution in [0.5, 0.6) is 0 Å². The summed E-state index contributed by atoms with van der Waals surface area (Å²) in [5.41, 5.74) is -1.19. The van der Waals surface area contributed by atoms with Gasteiger partial charge in [-0.2, -0.15) is 0 Å². The van der Waals surface area contributed by atoms with E-state index >= 15 is 0 Å². The quantitative estimate of drug-likeness (QED) is 0.298. The second-order valence-corrected chi connectivity index (χ2v) is 6.00. The van der Waals surface area contributed by atoms with Gasteiger partial charge in [0.15, 0.2) is 0 Å². The Morgan fingerprint density at radius 3 is 2.15 bits per heavy atom. The smallest absolute Gasteiger partial charge is 0.317 e. The second-order valence-electron chi connectivity index (χ2n) is 6.00. The summed E-state index contributed by atoms with van der Waals surface area (Å²) >= 11 is 0. The van der Waals surface area contributed by atoms with Crippen LogP contribution in [0, 0.1) is 5.41 Å². The summed E-state index contributed by atoms with van der Waals surface area (Å²) in [6.07, 6.45) is 0.740. The number of rotatable bonds is 8. The normalized spacial score (nSPS) is 13.9. The van der Waals surface area contributed by atoms with Crippen LogP contribution in [0.4, 0.5) is 0 Å². The summed E-state index contributed by atoms with van der Waals surface area (Å²) < 4.78 is 10.7. The van der Waals surface area contributed by atoms with Crippen molar-refractivity contribution >= 4 is 11.9 Å². The fraction of sp³-hybridized carbons (Fsp3) is 0.846. The van der Waals surface area contributed by atoms with Gasteiger partial charge in [0.25, 0.3) is 0 Å². The first-order chi connectivity index (χ1) is 8.60. The van der Waals surface area contributed by atoms with Gasteiger partial charge in [0, 0.05) is 13.3 Å². The van der Waals surface area contributed by atoms with Crippen molar-refractivity contribution in [1.29, 1.82) is 0 Å². The Bertz CT molecular complexity index is 316. The van der Waals surface area contributed by atoms with Gasteiger partial charge >= 0.3 is 11.9 Å². The molecule has 0 saturated carbocycles. The molecule has 0 fully saturated rings. The number of aliphatic hydroxyl groups is 1. The number of quaternary nitrogens is 1. The zero-order chi connectivity index (χ0) is 15.1. The van der Waals surface area contributed by atoms with Crippen LogP contribution in [0.25, 0.3) is 0 Å². The van der Waals surface area contributed by atoms with Crippen molar-refractivity contribution in [2.45, 2.75) is 20.3 Å². The fourth-order valence-corrected chi connectivity index (χ4v) is 1.31. The molecule has 0 aliphatic heterocycles. The zero-order valence-electron chi connectivity index (χ0n) is 12.9. The number of aliphatic hydroxyl groups excluding tert-OH is 1. The number of ether oxygens (including phenoxy) is 2. The molecule has 20 heavy (non-hydrogen) atoms. The number of halogens is 1. The van der Waals surface area contributed by atoms with E-state index in [-0.39, 0.29) is 19.0 Å². The van der Waals surface area contributed by atoms with Crippen LogP contribution in [0.2, 0.25) is 0 Å². The minimum atomic E-state index is -1.19. The summed E-state index contributed by atoms with van der Waals surface area (Å²) in [5, 5.41) is 9.26. The maximum Gasteiger partial charge on any atom is 0.317 e. The topological polar surface area (TPSA) is 72.8 Å². The van der Waals surface area contributed by atoms with Gasteiger partial charge in [-0.1, -0.05) is 0 Å². The molecule has 0 aliphatic rings. The lowest BCUT2D eigenvalue weighted by atomic mass is 9.93. The Labute approximate surface area is 127 Å².